The van der Waals surface area contributed by atoms with Gasteiger partial charge in [0.1, 0.15) is 0 Å². The highest BCUT2D eigenvalue weighted by molar-refractivity contribution is 7.80. The zero-order chi connectivity index (χ0) is 19.6. The van der Waals surface area contributed by atoms with Gasteiger partial charge in [0.05, 0.1) is 12.1 Å². The normalized spacial score (nSPS) is 14.9. The fourth-order valence-corrected chi connectivity index (χ4v) is 4.19. The van der Waals surface area contributed by atoms with Gasteiger partial charge in [-0.05, 0) is 62.0 Å². The minimum Gasteiger partial charge on any atom is -0.362 e. The van der Waals surface area contributed by atoms with E-state index in [0.717, 1.165) is 46.5 Å². The predicted molar refractivity (Wildman–Crippen MR) is 117 cm³/mol. The van der Waals surface area contributed by atoms with Crippen molar-refractivity contribution in [3.05, 3.63) is 45.2 Å². The zero-order valence-corrected chi connectivity index (χ0v) is 17.7. The van der Waals surface area contributed by atoms with E-state index in [9.17, 15) is 4.79 Å². The van der Waals surface area contributed by atoms with Crippen molar-refractivity contribution >= 4 is 28.2 Å². The minimum atomic E-state index is -0.00847. The van der Waals surface area contributed by atoms with Gasteiger partial charge in [-0.15, -0.1) is 0 Å². The van der Waals surface area contributed by atoms with Crippen LogP contribution in [0.2, 0.25) is 0 Å². The molecule has 146 valence electrons. The maximum Gasteiger partial charge on any atom is 0.253 e. The van der Waals surface area contributed by atoms with E-state index >= 15 is 0 Å². The van der Waals surface area contributed by atoms with Gasteiger partial charge in [-0.25, -0.2) is 0 Å². The van der Waals surface area contributed by atoms with E-state index in [1.165, 1.54) is 18.4 Å². The monoisotopic (exact) mass is 385 g/mol. The largest absolute Gasteiger partial charge is 0.362 e. The van der Waals surface area contributed by atoms with Gasteiger partial charge in [0.15, 0.2) is 5.11 Å². The summed E-state index contributed by atoms with van der Waals surface area (Å²) in [5, 5.41) is 5.30. The third-order valence-corrected chi connectivity index (χ3v) is 5.93. The molecule has 0 amide bonds. The fraction of sp³-hybridized carbons (Fsp3) is 0.545. The van der Waals surface area contributed by atoms with Crippen molar-refractivity contribution in [1.29, 1.82) is 0 Å². The second kappa shape index (κ2) is 8.42. The summed E-state index contributed by atoms with van der Waals surface area (Å²) in [5.41, 5.74) is 4.00. The highest BCUT2D eigenvalue weighted by Gasteiger charge is 2.25. The Morgan fingerprint density at radius 2 is 1.93 bits per heavy atom. The molecule has 4 nitrogen and oxygen atoms in total. The van der Waals surface area contributed by atoms with Crippen LogP contribution in [0.3, 0.4) is 0 Å². The van der Waals surface area contributed by atoms with Crippen LogP contribution in [0.5, 0.6) is 0 Å². The Balaban J connectivity index is 1.93. The second-order valence-electron chi connectivity index (χ2n) is 8.26. The number of fused-ring (bicyclic) bond motifs is 1. The number of nitrogens with zero attached hydrogens (tertiary/aromatic N) is 1. The molecule has 1 aliphatic rings. The van der Waals surface area contributed by atoms with E-state index in [0.29, 0.717) is 18.5 Å². The molecule has 2 aromatic rings. The van der Waals surface area contributed by atoms with Crippen molar-refractivity contribution < 1.29 is 0 Å². The smallest absolute Gasteiger partial charge is 0.253 e. The number of benzene rings is 1. The summed E-state index contributed by atoms with van der Waals surface area (Å²) in [6.07, 6.45) is 4.76. The van der Waals surface area contributed by atoms with Crippen LogP contribution in [0.15, 0.2) is 23.0 Å². The fourth-order valence-electron chi connectivity index (χ4n) is 3.89. The van der Waals surface area contributed by atoms with Gasteiger partial charge in [0.25, 0.3) is 5.56 Å². The summed E-state index contributed by atoms with van der Waals surface area (Å²) in [6, 6.07) is 6.65. The highest BCUT2D eigenvalue weighted by Crippen LogP contribution is 2.26. The predicted octanol–water partition coefficient (Wildman–Crippen LogP) is 4.42. The molecule has 2 N–H and O–H groups in total. The van der Waals surface area contributed by atoms with Crippen molar-refractivity contribution in [3.8, 4) is 0 Å². The number of aromatic amines is 1. The molecule has 0 radical (unpaired) electrons. The van der Waals surface area contributed by atoms with E-state index in [-0.39, 0.29) is 5.56 Å². The van der Waals surface area contributed by atoms with Crippen LogP contribution in [0.4, 0.5) is 0 Å². The van der Waals surface area contributed by atoms with Crippen molar-refractivity contribution in [3.63, 3.8) is 0 Å². The van der Waals surface area contributed by atoms with Crippen molar-refractivity contribution in [2.75, 3.05) is 6.54 Å². The number of rotatable bonds is 5. The summed E-state index contributed by atoms with van der Waals surface area (Å²) in [7, 11) is 0. The Kier molecular flexibility index (Phi) is 6.20. The topological polar surface area (TPSA) is 48.1 Å². The number of hydrogen-bond donors (Lipinski definition) is 2. The first-order valence-corrected chi connectivity index (χ1v) is 10.4. The van der Waals surface area contributed by atoms with Gasteiger partial charge in [-0.1, -0.05) is 38.8 Å². The molecule has 0 saturated heterocycles. The molecule has 27 heavy (non-hydrogen) atoms. The number of hydrogen-bond acceptors (Lipinski definition) is 2. The Morgan fingerprint density at radius 3 is 2.59 bits per heavy atom. The van der Waals surface area contributed by atoms with Crippen molar-refractivity contribution in [2.24, 2.45) is 5.92 Å². The van der Waals surface area contributed by atoms with E-state index in [4.69, 9.17) is 12.2 Å². The molecule has 1 aromatic heterocycles. The van der Waals surface area contributed by atoms with E-state index < -0.39 is 0 Å². The maximum absolute atomic E-state index is 12.8. The lowest BCUT2D eigenvalue weighted by Gasteiger charge is -2.32. The molecule has 1 saturated carbocycles. The number of H-pyrrole nitrogens is 1. The Bertz CT molecular complexity index is 881. The van der Waals surface area contributed by atoms with Crippen molar-refractivity contribution in [2.45, 2.75) is 66.0 Å². The van der Waals surface area contributed by atoms with Gasteiger partial charge in [-0.2, -0.15) is 0 Å². The molecule has 0 spiro atoms. The minimum absolute atomic E-state index is 0.00847. The van der Waals surface area contributed by atoms with Gasteiger partial charge in [0.2, 0.25) is 0 Å². The molecule has 1 heterocycles. The van der Waals surface area contributed by atoms with E-state index in [1.54, 1.807) is 0 Å². The molecule has 0 bridgehead atoms. The Labute approximate surface area is 167 Å². The van der Waals surface area contributed by atoms with Crippen LogP contribution >= 0.6 is 12.2 Å². The number of aryl methyl sites for hydroxylation is 2. The average molecular weight is 386 g/mol. The summed E-state index contributed by atoms with van der Waals surface area (Å²) in [4.78, 5) is 18.1. The molecule has 0 unspecified atom stereocenters. The van der Waals surface area contributed by atoms with E-state index in [1.807, 2.05) is 6.92 Å². The highest BCUT2D eigenvalue weighted by atomic mass is 32.1. The maximum atomic E-state index is 12.8. The molecular formula is C22H31N3OS. The molecule has 1 fully saturated rings. The van der Waals surface area contributed by atoms with Crippen LogP contribution in [0.25, 0.3) is 10.9 Å². The number of aromatic nitrogens is 1. The summed E-state index contributed by atoms with van der Waals surface area (Å²) >= 11 is 5.72. The van der Waals surface area contributed by atoms with Crippen LogP contribution in [0, 0.1) is 19.8 Å². The first-order valence-electron chi connectivity index (χ1n) is 10.0. The molecule has 0 atom stereocenters. The third-order valence-electron chi connectivity index (χ3n) is 5.55. The van der Waals surface area contributed by atoms with Gasteiger partial charge in [-0.3, -0.25) is 4.79 Å². The Morgan fingerprint density at radius 1 is 1.26 bits per heavy atom. The lowest BCUT2D eigenvalue weighted by molar-refractivity contribution is 0.301. The quantitative estimate of drug-likeness (QED) is 0.748. The summed E-state index contributed by atoms with van der Waals surface area (Å²) < 4.78 is 0. The van der Waals surface area contributed by atoms with Crippen LogP contribution in [-0.4, -0.2) is 27.6 Å². The Hall–Kier alpha value is -1.88. The first kappa shape index (κ1) is 19.9. The number of nitrogens with one attached hydrogen (secondary N) is 2. The van der Waals surface area contributed by atoms with E-state index in [2.05, 4.69) is 54.2 Å². The summed E-state index contributed by atoms with van der Waals surface area (Å²) in [5.74, 6) is 0.531. The zero-order valence-electron chi connectivity index (χ0n) is 16.9. The number of pyridine rings is 1. The number of thiocarbonyl (C=S) groups is 1. The first-order chi connectivity index (χ1) is 12.9. The SMILES string of the molecule is Cc1ccc(C)c2[nH]c(=O)c(CN(C(=S)NCC(C)C)C3CCCC3)cc12. The molecular weight excluding hydrogens is 354 g/mol. The molecule has 1 aliphatic carbocycles. The lowest BCUT2D eigenvalue weighted by atomic mass is 10.0. The van der Waals surface area contributed by atoms with Gasteiger partial charge in [0, 0.05) is 23.5 Å². The van der Waals surface area contributed by atoms with Crippen LogP contribution in [0.1, 0.15) is 56.2 Å². The van der Waals surface area contributed by atoms with Gasteiger partial charge < -0.3 is 15.2 Å². The standard InChI is InChI=1S/C22H31N3OS/c1-14(2)12-23-22(27)25(18-7-5-6-8-18)13-17-11-19-15(3)9-10-16(4)20(19)24-21(17)26/h9-11,14,18H,5-8,12-13H2,1-4H3,(H,23,27)(H,24,26). The average Bonchev–Trinajstić information content (AvgIpc) is 3.15. The molecule has 0 aliphatic heterocycles. The molecule has 3 rings (SSSR count). The molecule has 5 heteroatoms. The summed E-state index contributed by atoms with van der Waals surface area (Å²) in [6.45, 7) is 9.89. The lowest BCUT2D eigenvalue weighted by Crippen LogP contribution is -2.46. The van der Waals surface area contributed by atoms with Crippen molar-refractivity contribution in [1.82, 2.24) is 15.2 Å². The molecule has 1 aromatic carbocycles. The van der Waals surface area contributed by atoms with Crippen LogP contribution in [-0.2, 0) is 6.54 Å². The van der Waals surface area contributed by atoms with Crippen LogP contribution < -0.4 is 10.9 Å². The second-order valence-corrected chi connectivity index (χ2v) is 8.64. The third kappa shape index (κ3) is 4.52. The van der Waals surface area contributed by atoms with Gasteiger partial charge >= 0.3 is 0 Å².